The van der Waals surface area contributed by atoms with Crippen molar-refractivity contribution in [1.82, 2.24) is 10.3 Å². The van der Waals surface area contributed by atoms with Gasteiger partial charge in [-0.2, -0.15) is 5.26 Å². The first-order valence-corrected chi connectivity index (χ1v) is 5.26. The van der Waals surface area contributed by atoms with Gasteiger partial charge in [-0.05, 0) is 23.8 Å². The van der Waals surface area contributed by atoms with Crippen LogP contribution in [0.1, 0.15) is 11.6 Å². The predicted molar refractivity (Wildman–Crippen MR) is 66.9 cm³/mol. The van der Waals surface area contributed by atoms with Crippen molar-refractivity contribution in [1.29, 1.82) is 5.26 Å². The molecule has 17 heavy (non-hydrogen) atoms. The summed E-state index contributed by atoms with van der Waals surface area (Å²) in [4.78, 5) is 4.23. The fourth-order valence-corrected chi connectivity index (χ4v) is 1.67. The van der Waals surface area contributed by atoms with E-state index in [1.807, 2.05) is 30.3 Å². The van der Waals surface area contributed by atoms with Gasteiger partial charge in [-0.25, -0.2) is 0 Å². The molecular weight excluding hydrogens is 210 g/mol. The molecule has 0 aliphatic carbocycles. The average Bonchev–Trinajstić information content (AvgIpc) is 2.39. The van der Waals surface area contributed by atoms with Crippen LogP contribution in [0.4, 0.5) is 0 Å². The topological polar surface area (TPSA) is 48.7 Å². The Kier molecular flexibility index (Phi) is 3.35. The minimum atomic E-state index is -0.379. The van der Waals surface area contributed by atoms with E-state index >= 15 is 0 Å². The Balaban J connectivity index is 2.35. The highest BCUT2D eigenvalue weighted by Gasteiger charge is 2.09. The highest BCUT2D eigenvalue weighted by molar-refractivity contribution is 5.79. The van der Waals surface area contributed by atoms with Gasteiger partial charge in [0.15, 0.2) is 0 Å². The molecule has 0 fully saturated rings. The van der Waals surface area contributed by atoms with Gasteiger partial charge >= 0.3 is 0 Å². The second-order valence-corrected chi connectivity index (χ2v) is 3.60. The number of terminal acetylenes is 1. The van der Waals surface area contributed by atoms with Crippen LogP contribution in [-0.2, 0) is 0 Å². The molecule has 0 radical (unpaired) electrons. The van der Waals surface area contributed by atoms with Crippen LogP contribution in [0.3, 0.4) is 0 Å². The lowest BCUT2D eigenvalue weighted by atomic mass is 10.1. The number of benzene rings is 1. The van der Waals surface area contributed by atoms with Crippen LogP contribution >= 0.6 is 0 Å². The highest BCUT2D eigenvalue weighted by Crippen LogP contribution is 2.18. The van der Waals surface area contributed by atoms with Crippen molar-refractivity contribution in [2.45, 2.75) is 6.04 Å². The molecule has 1 unspecified atom stereocenters. The minimum Gasteiger partial charge on any atom is -0.287 e. The van der Waals surface area contributed by atoms with E-state index in [9.17, 15) is 0 Å². The first-order chi connectivity index (χ1) is 8.35. The summed E-state index contributed by atoms with van der Waals surface area (Å²) in [6.07, 6.45) is 6.92. The van der Waals surface area contributed by atoms with Crippen LogP contribution in [-0.4, -0.2) is 11.5 Å². The van der Waals surface area contributed by atoms with Gasteiger partial charge in [0.05, 0.1) is 18.1 Å². The average molecular weight is 221 g/mol. The smallest absolute Gasteiger partial charge is 0.122 e. The summed E-state index contributed by atoms with van der Waals surface area (Å²) in [6.45, 7) is 0.378. The van der Waals surface area contributed by atoms with E-state index in [2.05, 4.69) is 22.3 Å². The Morgan fingerprint density at radius 3 is 3.06 bits per heavy atom. The van der Waals surface area contributed by atoms with E-state index in [1.54, 1.807) is 6.20 Å². The van der Waals surface area contributed by atoms with Crippen LogP contribution in [0.5, 0.6) is 0 Å². The van der Waals surface area contributed by atoms with Gasteiger partial charge < -0.3 is 0 Å². The SMILES string of the molecule is C#CCNC(C#N)c1ccc2ncccc2c1. The summed E-state index contributed by atoms with van der Waals surface area (Å²) in [6, 6.07) is 11.4. The molecule has 82 valence electrons. The van der Waals surface area contributed by atoms with Crippen molar-refractivity contribution in [2.24, 2.45) is 0 Å². The van der Waals surface area contributed by atoms with E-state index in [4.69, 9.17) is 11.7 Å². The molecule has 2 aromatic rings. The molecule has 1 heterocycles. The molecule has 1 N–H and O–H groups in total. The number of hydrogen-bond acceptors (Lipinski definition) is 3. The van der Waals surface area contributed by atoms with Gasteiger partial charge in [0.25, 0.3) is 0 Å². The Bertz CT molecular complexity index is 605. The standard InChI is InChI=1S/C14H11N3/c1-2-7-16-14(10-15)12-5-6-13-11(9-12)4-3-8-17-13/h1,3-6,8-9,14,16H,7H2. The predicted octanol–water partition coefficient (Wildman–Crippen LogP) is 2.02. The van der Waals surface area contributed by atoms with Crippen LogP contribution in [0.15, 0.2) is 36.5 Å². The van der Waals surface area contributed by atoms with Crippen LogP contribution in [0.25, 0.3) is 10.9 Å². The number of rotatable bonds is 3. The van der Waals surface area contributed by atoms with Crippen molar-refractivity contribution in [3.63, 3.8) is 0 Å². The zero-order valence-corrected chi connectivity index (χ0v) is 9.22. The number of nitrogens with one attached hydrogen (secondary N) is 1. The zero-order valence-electron chi connectivity index (χ0n) is 9.22. The first kappa shape index (κ1) is 11.1. The number of nitrogens with zero attached hydrogens (tertiary/aromatic N) is 2. The molecule has 0 saturated heterocycles. The Hall–Kier alpha value is -2.36. The maximum Gasteiger partial charge on any atom is 0.122 e. The summed E-state index contributed by atoms with van der Waals surface area (Å²) in [5, 5.41) is 13.1. The molecule has 0 amide bonds. The van der Waals surface area contributed by atoms with Crippen molar-refractivity contribution < 1.29 is 0 Å². The molecule has 0 aliphatic heterocycles. The Labute approximate surface area is 100 Å². The quantitative estimate of drug-likeness (QED) is 0.807. The molecule has 1 aromatic heterocycles. The van der Waals surface area contributed by atoms with Crippen molar-refractivity contribution >= 4 is 10.9 Å². The molecule has 1 atom stereocenters. The third kappa shape index (κ3) is 2.42. The molecule has 0 spiro atoms. The molecule has 3 nitrogen and oxygen atoms in total. The maximum atomic E-state index is 9.08. The van der Waals surface area contributed by atoms with Crippen molar-refractivity contribution in [2.75, 3.05) is 6.54 Å². The lowest BCUT2D eigenvalue weighted by molar-refractivity contribution is 0.691. The van der Waals surface area contributed by atoms with Crippen LogP contribution < -0.4 is 5.32 Å². The van der Waals surface area contributed by atoms with Gasteiger partial charge in [0.2, 0.25) is 0 Å². The highest BCUT2D eigenvalue weighted by atomic mass is 14.9. The second-order valence-electron chi connectivity index (χ2n) is 3.60. The third-order valence-electron chi connectivity index (χ3n) is 2.50. The number of aromatic nitrogens is 1. The molecule has 0 saturated carbocycles. The number of hydrogen-bond donors (Lipinski definition) is 1. The third-order valence-corrected chi connectivity index (χ3v) is 2.50. The molecular formula is C14H11N3. The number of fused-ring (bicyclic) bond motifs is 1. The van der Waals surface area contributed by atoms with Gasteiger partial charge in [0.1, 0.15) is 6.04 Å². The van der Waals surface area contributed by atoms with Crippen molar-refractivity contribution in [3.05, 3.63) is 42.1 Å². The molecule has 3 heteroatoms. The molecule has 0 aliphatic rings. The fourth-order valence-electron chi connectivity index (χ4n) is 1.67. The van der Waals surface area contributed by atoms with Gasteiger partial charge in [-0.1, -0.05) is 18.1 Å². The zero-order chi connectivity index (χ0) is 12.1. The van der Waals surface area contributed by atoms with E-state index in [0.717, 1.165) is 16.5 Å². The number of pyridine rings is 1. The monoisotopic (exact) mass is 221 g/mol. The van der Waals surface area contributed by atoms with E-state index in [0.29, 0.717) is 6.54 Å². The largest absolute Gasteiger partial charge is 0.287 e. The summed E-state index contributed by atoms with van der Waals surface area (Å²) in [5.74, 6) is 2.46. The summed E-state index contributed by atoms with van der Waals surface area (Å²) in [5.41, 5.74) is 1.83. The van der Waals surface area contributed by atoms with Crippen LogP contribution in [0.2, 0.25) is 0 Å². The molecule has 2 rings (SSSR count). The second kappa shape index (κ2) is 5.12. The van der Waals surface area contributed by atoms with Gasteiger partial charge in [0, 0.05) is 11.6 Å². The van der Waals surface area contributed by atoms with E-state index < -0.39 is 0 Å². The van der Waals surface area contributed by atoms with E-state index in [-0.39, 0.29) is 6.04 Å². The summed E-state index contributed by atoms with van der Waals surface area (Å²) < 4.78 is 0. The minimum absolute atomic E-state index is 0.378. The molecule has 0 bridgehead atoms. The summed E-state index contributed by atoms with van der Waals surface area (Å²) >= 11 is 0. The summed E-state index contributed by atoms with van der Waals surface area (Å²) in [7, 11) is 0. The maximum absolute atomic E-state index is 9.08. The van der Waals surface area contributed by atoms with Gasteiger partial charge in [-0.15, -0.1) is 6.42 Å². The normalized spacial score (nSPS) is 11.6. The van der Waals surface area contributed by atoms with E-state index in [1.165, 1.54) is 0 Å². The van der Waals surface area contributed by atoms with Gasteiger partial charge in [-0.3, -0.25) is 10.3 Å². The fraction of sp³-hybridized carbons (Fsp3) is 0.143. The Morgan fingerprint density at radius 1 is 1.41 bits per heavy atom. The van der Waals surface area contributed by atoms with Crippen molar-refractivity contribution in [3.8, 4) is 18.4 Å². The Morgan fingerprint density at radius 2 is 2.29 bits per heavy atom. The first-order valence-electron chi connectivity index (χ1n) is 5.26. The lowest BCUT2D eigenvalue weighted by Crippen LogP contribution is -2.19. The molecule has 1 aromatic carbocycles. The lowest BCUT2D eigenvalue weighted by Gasteiger charge is -2.10. The number of nitriles is 1. The van der Waals surface area contributed by atoms with Crippen LogP contribution in [0, 0.1) is 23.7 Å².